The predicted molar refractivity (Wildman–Crippen MR) is 88.7 cm³/mol. The summed E-state index contributed by atoms with van der Waals surface area (Å²) in [6, 6.07) is 3.84. The second-order valence-corrected chi connectivity index (χ2v) is 6.84. The number of aryl methyl sites for hydroxylation is 1. The van der Waals surface area contributed by atoms with E-state index in [1.165, 1.54) is 30.6 Å². The molecule has 1 aliphatic carbocycles. The van der Waals surface area contributed by atoms with Crippen LogP contribution in [-0.4, -0.2) is 29.2 Å². The molecule has 2 N–H and O–H groups in total. The number of benzene rings is 1. The molecule has 1 fully saturated rings. The molecule has 1 heterocycles. The number of aliphatic hydroxyl groups excluding tert-OH is 1. The fraction of sp³-hybridized carbons (Fsp3) is 0.412. The Morgan fingerprint density at radius 2 is 2.25 bits per heavy atom. The number of nitrogens with zero attached hydrogens (tertiary/aromatic N) is 1. The zero-order chi connectivity index (χ0) is 17.3. The summed E-state index contributed by atoms with van der Waals surface area (Å²) in [5.74, 6) is -0.0800. The summed E-state index contributed by atoms with van der Waals surface area (Å²) >= 11 is 1.27. The van der Waals surface area contributed by atoms with Gasteiger partial charge in [-0.25, -0.2) is 9.37 Å². The molecule has 128 valence electrons. The fourth-order valence-corrected chi connectivity index (χ4v) is 3.73. The Hall–Kier alpha value is -1.99. The number of halogens is 1. The van der Waals surface area contributed by atoms with Crippen molar-refractivity contribution in [2.75, 3.05) is 7.11 Å². The summed E-state index contributed by atoms with van der Waals surface area (Å²) in [6.45, 7) is 1.77. The van der Waals surface area contributed by atoms with Crippen LogP contribution in [-0.2, 0) is 0 Å². The molecule has 2 aromatic rings. The van der Waals surface area contributed by atoms with Crippen molar-refractivity contribution in [1.82, 2.24) is 10.3 Å². The number of aromatic nitrogens is 1. The lowest BCUT2D eigenvalue weighted by Crippen LogP contribution is -2.41. The number of nitrogens with one attached hydrogen (secondary N) is 1. The number of carbonyl (C=O) groups excluding carboxylic acids is 1. The van der Waals surface area contributed by atoms with Gasteiger partial charge in [-0.1, -0.05) is 0 Å². The predicted octanol–water partition coefficient (Wildman–Crippen LogP) is 2.84. The molecule has 1 amide bonds. The Kier molecular flexibility index (Phi) is 4.82. The number of aliphatic hydroxyl groups is 1. The molecule has 0 aliphatic heterocycles. The van der Waals surface area contributed by atoms with Crippen molar-refractivity contribution >= 4 is 17.2 Å². The van der Waals surface area contributed by atoms with E-state index in [0.717, 1.165) is 0 Å². The molecule has 0 saturated heterocycles. The molecule has 1 aromatic heterocycles. The number of amides is 1. The van der Waals surface area contributed by atoms with E-state index in [9.17, 15) is 14.3 Å². The van der Waals surface area contributed by atoms with E-state index in [1.807, 2.05) is 0 Å². The number of hydrogen-bond donors (Lipinski definition) is 2. The number of thiazole rings is 1. The first-order chi connectivity index (χ1) is 11.5. The molecule has 1 aromatic carbocycles. The van der Waals surface area contributed by atoms with Crippen LogP contribution in [0.5, 0.6) is 5.75 Å². The van der Waals surface area contributed by atoms with Crippen LogP contribution in [0.25, 0.3) is 0 Å². The molecule has 0 radical (unpaired) electrons. The number of methoxy groups -OCH3 is 1. The molecular formula is C17H19FN2O3S. The van der Waals surface area contributed by atoms with Gasteiger partial charge in [0.05, 0.1) is 30.5 Å². The average molecular weight is 350 g/mol. The minimum atomic E-state index is -0.423. The van der Waals surface area contributed by atoms with E-state index in [0.29, 0.717) is 34.7 Å². The third-order valence-electron chi connectivity index (χ3n) is 4.39. The highest BCUT2D eigenvalue weighted by Crippen LogP contribution is 2.41. The summed E-state index contributed by atoms with van der Waals surface area (Å²) in [5.41, 5.74) is 2.87. The van der Waals surface area contributed by atoms with Crippen LogP contribution in [0.1, 0.15) is 39.8 Å². The molecule has 24 heavy (non-hydrogen) atoms. The van der Waals surface area contributed by atoms with Crippen molar-refractivity contribution in [1.29, 1.82) is 0 Å². The van der Waals surface area contributed by atoms with Crippen molar-refractivity contribution < 1.29 is 19.0 Å². The van der Waals surface area contributed by atoms with E-state index < -0.39 is 6.04 Å². The second-order valence-electron chi connectivity index (χ2n) is 5.99. The van der Waals surface area contributed by atoms with Crippen LogP contribution in [0.15, 0.2) is 23.7 Å². The molecule has 0 bridgehead atoms. The van der Waals surface area contributed by atoms with Crippen molar-refractivity contribution in [3.05, 3.63) is 45.7 Å². The molecule has 5 nitrogen and oxygen atoms in total. The maximum absolute atomic E-state index is 13.8. The topological polar surface area (TPSA) is 71.5 Å². The summed E-state index contributed by atoms with van der Waals surface area (Å²) in [7, 11) is 1.51. The Morgan fingerprint density at radius 1 is 1.50 bits per heavy atom. The van der Waals surface area contributed by atoms with Gasteiger partial charge in [0.25, 0.3) is 5.91 Å². The second kappa shape index (κ2) is 6.86. The quantitative estimate of drug-likeness (QED) is 0.870. The number of carbonyl (C=O) groups is 1. The minimum absolute atomic E-state index is 0.0351. The van der Waals surface area contributed by atoms with Crippen molar-refractivity contribution in [3.63, 3.8) is 0 Å². The lowest BCUT2D eigenvalue weighted by molar-refractivity contribution is 0.0231. The summed E-state index contributed by atoms with van der Waals surface area (Å²) < 4.78 is 19.1. The first-order valence-electron chi connectivity index (χ1n) is 7.72. The number of rotatable bonds is 5. The van der Waals surface area contributed by atoms with Crippen molar-refractivity contribution in [2.45, 2.75) is 31.9 Å². The molecule has 1 saturated carbocycles. The number of hydrogen-bond acceptors (Lipinski definition) is 5. The fourth-order valence-electron chi connectivity index (χ4n) is 3.03. The van der Waals surface area contributed by atoms with Gasteiger partial charge in [-0.3, -0.25) is 4.79 Å². The smallest absolute Gasteiger partial charge is 0.263 e. The van der Waals surface area contributed by atoms with E-state index >= 15 is 0 Å². The maximum Gasteiger partial charge on any atom is 0.263 e. The van der Waals surface area contributed by atoms with E-state index in [-0.39, 0.29) is 23.7 Å². The summed E-state index contributed by atoms with van der Waals surface area (Å²) in [4.78, 5) is 17.2. The van der Waals surface area contributed by atoms with Gasteiger partial charge in [-0.05, 0) is 43.9 Å². The Balaban J connectivity index is 1.91. The molecule has 7 heteroatoms. The lowest BCUT2D eigenvalue weighted by atomic mass is 9.75. The third-order valence-corrected chi connectivity index (χ3v) is 5.31. The van der Waals surface area contributed by atoms with Crippen LogP contribution in [0.4, 0.5) is 4.39 Å². The van der Waals surface area contributed by atoms with Gasteiger partial charge < -0.3 is 15.2 Å². The van der Waals surface area contributed by atoms with Gasteiger partial charge in [0.15, 0.2) is 0 Å². The largest absolute Gasteiger partial charge is 0.496 e. The normalized spacial score (nSPS) is 21.0. The van der Waals surface area contributed by atoms with Crippen LogP contribution in [0, 0.1) is 18.7 Å². The SMILES string of the molecule is COc1ccc(F)cc1[C@@H](NC(=O)c1scnc1C)C1CC(O)C1. The Bertz CT molecular complexity index is 743. The highest BCUT2D eigenvalue weighted by atomic mass is 32.1. The van der Waals surface area contributed by atoms with E-state index in [4.69, 9.17) is 4.74 Å². The van der Waals surface area contributed by atoms with Crippen molar-refractivity contribution in [3.8, 4) is 5.75 Å². The first kappa shape index (κ1) is 16.9. The zero-order valence-corrected chi connectivity index (χ0v) is 14.3. The van der Waals surface area contributed by atoms with E-state index in [2.05, 4.69) is 10.3 Å². The maximum atomic E-state index is 13.8. The first-order valence-corrected chi connectivity index (χ1v) is 8.60. The van der Waals surface area contributed by atoms with Crippen LogP contribution < -0.4 is 10.1 Å². The Morgan fingerprint density at radius 3 is 2.83 bits per heavy atom. The minimum Gasteiger partial charge on any atom is -0.496 e. The van der Waals surface area contributed by atoms with E-state index in [1.54, 1.807) is 18.5 Å². The molecule has 3 rings (SSSR count). The van der Waals surface area contributed by atoms with Crippen LogP contribution in [0.2, 0.25) is 0 Å². The van der Waals surface area contributed by atoms with Gasteiger partial charge in [0.2, 0.25) is 0 Å². The summed E-state index contributed by atoms with van der Waals surface area (Å²) in [6.07, 6.45) is 0.748. The van der Waals surface area contributed by atoms with Gasteiger partial charge in [-0.2, -0.15) is 0 Å². The molecule has 1 atom stereocenters. The van der Waals surface area contributed by atoms with Gasteiger partial charge in [0.1, 0.15) is 16.4 Å². The zero-order valence-electron chi connectivity index (χ0n) is 13.5. The molecule has 1 aliphatic rings. The molecule has 0 unspecified atom stereocenters. The van der Waals surface area contributed by atoms with Gasteiger partial charge in [-0.15, -0.1) is 11.3 Å². The summed E-state index contributed by atoms with van der Waals surface area (Å²) in [5, 5.41) is 12.6. The lowest BCUT2D eigenvalue weighted by Gasteiger charge is -2.38. The number of ether oxygens (including phenoxy) is 1. The molecule has 0 spiro atoms. The standard InChI is InChI=1S/C17H19FN2O3S/c1-9-16(24-8-19-9)17(22)20-15(10-5-12(21)6-10)13-7-11(18)3-4-14(13)23-2/h3-4,7-8,10,12,15,21H,5-6H2,1-2H3,(H,20,22)/t10?,12?,15-/m0/s1. The van der Waals surface area contributed by atoms with Crippen LogP contribution >= 0.6 is 11.3 Å². The highest BCUT2D eigenvalue weighted by Gasteiger charge is 2.37. The molecular weight excluding hydrogens is 331 g/mol. The highest BCUT2D eigenvalue weighted by molar-refractivity contribution is 7.11. The monoisotopic (exact) mass is 350 g/mol. The van der Waals surface area contributed by atoms with Gasteiger partial charge in [0, 0.05) is 5.56 Å². The van der Waals surface area contributed by atoms with Crippen LogP contribution in [0.3, 0.4) is 0 Å². The van der Waals surface area contributed by atoms with Gasteiger partial charge >= 0.3 is 0 Å². The third kappa shape index (κ3) is 3.27. The average Bonchev–Trinajstić information content (AvgIpc) is 2.96. The van der Waals surface area contributed by atoms with Crippen molar-refractivity contribution in [2.24, 2.45) is 5.92 Å². The Labute approximate surface area is 143 Å².